The van der Waals surface area contributed by atoms with Crippen LogP contribution in [0.4, 0.5) is 0 Å². The second-order valence-electron chi connectivity index (χ2n) is 6.56. The minimum atomic E-state index is -0.427. The Bertz CT molecular complexity index is 1090. The number of aromatic nitrogens is 1. The number of carbonyl (C=O) groups excluding carboxylic acids is 1. The van der Waals surface area contributed by atoms with Crippen molar-refractivity contribution >= 4 is 22.8 Å². The van der Waals surface area contributed by atoms with Gasteiger partial charge in [-0.25, -0.2) is 4.79 Å². The van der Waals surface area contributed by atoms with E-state index in [1.165, 1.54) is 6.08 Å². The van der Waals surface area contributed by atoms with Crippen molar-refractivity contribution in [3.8, 4) is 11.1 Å². The van der Waals surface area contributed by atoms with E-state index in [0.717, 1.165) is 27.6 Å². The Morgan fingerprint density at radius 3 is 2.33 bits per heavy atom. The molecule has 0 radical (unpaired) electrons. The highest BCUT2D eigenvalue weighted by Crippen LogP contribution is 2.32. The number of hydrogen-bond donors (Lipinski definition) is 0. The molecule has 4 heteroatoms. The van der Waals surface area contributed by atoms with Crippen molar-refractivity contribution in [2.75, 3.05) is 6.61 Å². The zero-order chi connectivity index (χ0) is 19.6. The average molecular weight is 361 g/mol. The van der Waals surface area contributed by atoms with E-state index in [-0.39, 0.29) is 5.56 Å². The van der Waals surface area contributed by atoms with Gasteiger partial charge < -0.3 is 9.30 Å². The predicted molar refractivity (Wildman–Crippen MR) is 110 cm³/mol. The van der Waals surface area contributed by atoms with Crippen molar-refractivity contribution in [2.24, 2.45) is 7.05 Å². The summed E-state index contributed by atoms with van der Waals surface area (Å²) in [6, 6.07) is 13.9. The van der Waals surface area contributed by atoms with Gasteiger partial charge in [-0.05, 0) is 55.0 Å². The maximum Gasteiger partial charge on any atom is 0.330 e. The summed E-state index contributed by atoms with van der Waals surface area (Å²) >= 11 is 0. The minimum Gasteiger partial charge on any atom is -0.463 e. The molecule has 0 aliphatic rings. The molecule has 0 fully saturated rings. The molecule has 1 aromatic heterocycles. The summed E-state index contributed by atoms with van der Waals surface area (Å²) < 4.78 is 6.58. The molecule has 0 aliphatic carbocycles. The van der Waals surface area contributed by atoms with Crippen molar-refractivity contribution in [1.29, 1.82) is 0 Å². The van der Waals surface area contributed by atoms with Gasteiger partial charge in [0.2, 0.25) is 0 Å². The third-order valence-corrected chi connectivity index (χ3v) is 4.78. The molecular formula is C23H23NO3. The number of hydrogen-bond acceptors (Lipinski definition) is 3. The van der Waals surface area contributed by atoms with Gasteiger partial charge in [0.15, 0.2) is 0 Å². The third-order valence-electron chi connectivity index (χ3n) is 4.78. The van der Waals surface area contributed by atoms with Gasteiger partial charge in [0.25, 0.3) is 5.56 Å². The molecule has 2 aromatic carbocycles. The van der Waals surface area contributed by atoms with Crippen molar-refractivity contribution in [2.45, 2.75) is 20.8 Å². The van der Waals surface area contributed by atoms with Crippen LogP contribution in [0.1, 0.15) is 23.7 Å². The normalized spacial score (nSPS) is 11.3. The van der Waals surface area contributed by atoms with E-state index in [2.05, 4.69) is 6.07 Å². The van der Waals surface area contributed by atoms with Crippen LogP contribution in [0.5, 0.6) is 0 Å². The highest BCUT2D eigenvalue weighted by molar-refractivity contribution is 6.01. The SMILES string of the molecule is CCOC(=O)/C=C/c1c(-c2ccccc2)c2cc(C)c(C)cc2c(=O)n1C. The van der Waals surface area contributed by atoms with Crippen LogP contribution < -0.4 is 5.56 Å². The Morgan fingerprint density at radius 1 is 1.07 bits per heavy atom. The second kappa shape index (κ2) is 7.62. The molecule has 0 N–H and O–H groups in total. The molecule has 0 saturated carbocycles. The molecule has 1 heterocycles. The van der Waals surface area contributed by atoms with Crippen molar-refractivity contribution in [1.82, 2.24) is 4.57 Å². The van der Waals surface area contributed by atoms with E-state index >= 15 is 0 Å². The number of ether oxygens (including phenoxy) is 1. The first kappa shape index (κ1) is 18.6. The van der Waals surface area contributed by atoms with Crippen molar-refractivity contribution < 1.29 is 9.53 Å². The fourth-order valence-corrected chi connectivity index (χ4v) is 3.24. The maximum absolute atomic E-state index is 13.0. The van der Waals surface area contributed by atoms with Crippen LogP contribution in [0.15, 0.2) is 53.3 Å². The highest BCUT2D eigenvalue weighted by Gasteiger charge is 2.16. The van der Waals surface area contributed by atoms with E-state index in [0.29, 0.717) is 17.7 Å². The molecule has 0 amide bonds. The number of rotatable bonds is 4. The highest BCUT2D eigenvalue weighted by atomic mass is 16.5. The molecule has 0 atom stereocenters. The summed E-state index contributed by atoms with van der Waals surface area (Å²) in [6.07, 6.45) is 3.04. The number of carbonyl (C=O) groups is 1. The lowest BCUT2D eigenvalue weighted by Crippen LogP contribution is -2.20. The first-order chi connectivity index (χ1) is 12.9. The molecule has 0 saturated heterocycles. The van der Waals surface area contributed by atoms with Crippen molar-refractivity contribution in [3.05, 3.63) is 75.7 Å². The largest absolute Gasteiger partial charge is 0.463 e. The Kier molecular flexibility index (Phi) is 5.26. The smallest absolute Gasteiger partial charge is 0.330 e. The van der Waals surface area contributed by atoms with Gasteiger partial charge >= 0.3 is 5.97 Å². The fraction of sp³-hybridized carbons (Fsp3) is 0.217. The Morgan fingerprint density at radius 2 is 1.70 bits per heavy atom. The van der Waals surface area contributed by atoms with E-state index in [9.17, 15) is 9.59 Å². The van der Waals surface area contributed by atoms with Crippen LogP contribution in [-0.2, 0) is 16.6 Å². The summed E-state index contributed by atoms with van der Waals surface area (Å²) in [7, 11) is 1.73. The molecule has 3 rings (SSSR count). The van der Waals surface area contributed by atoms with Crippen LogP contribution in [0.2, 0.25) is 0 Å². The van der Waals surface area contributed by atoms with E-state index in [1.54, 1.807) is 24.6 Å². The van der Waals surface area contributed by atoms with Crippen LogP contribution in [-0.4, -0.2) is 17.1 Å². The van der Waals surface area contributed by atoms with Gasteiger partial charge in [-0.2, -0.15) is 0 Å². The number of benzene rings is 2. The standard InChI is InChI=1S/C23H23NO3/c1-5-27-21(25)12-11-20-22(17-9-7-6-8-10-17)18-13-15(2)16(3)14-19(18)23(26)24(20)4/h6-14H,5H2,1-4H3/b12-11+. The van der Waals surface area contributed by atoms with Crippen molar-refractivity contribution in [3.63, 3.8) is 0 Å². The molecule has 138 valence electrons. The van der Waals surface area contributed by atoms with Gasteiger partial charge in [-0.15, -0.1) is 0 Å². The van der Waals surface area contributed by atoms with Gasteiger partial charge in [-0.1, -0.05) is 36.4 Å². The van der Waals surface area contributed by atoms with Crippen LogP contribution in [0.25, 0.3) is 28.0 Å². The first-order valence-corrected chi connectivity index (χ1v) is 8.98. The zero-order valence-electron chi connectivity index (χ0n) is 16.1. The van der Waals surface area contributed by atoms with Gasteiger partial charge in [0, 0.05) is 24.1 Å². The first-order valence-electron chi connectivity index (χ1n) is 8.98. The monoisotopic (exact) mass is 361 g/mol. The zero-order valence-corrected chi connectivity index (χ0v) is 16.1. The molecular weight excluding hydrogens is 338 g/mol. The molecule has 0 spiro atoms. The molecule has 0 bridgehead atoms. The average Bonchev–Trinajstić information content (AvgIpc) is 2.66. The number of fused-ring (bicyclic) bond motifs is 1. The lowest BCUT2D eigenvalue weighted by Gasteiger charge is -2.16. The summed E-state index contributed by atoms with van der Waals surface area (Å²) in [5, 5.41) is 1.56. The summed E-state index contributed by atoms with van der Waals surface area (Å²) in [5.41, 5.74) is 4.70. The lowest BCUT2D eigenvalue weighted by atomic mass is 9.94. The number of aryl methyl sites for hydroxylation is 2. The third kappa shape index (κ3) is 3.56. The molecule has 4 nitrogen and oxygen atoms in total. The van der Waals surface area contributed by atoms with Crippen LogP contribution in [0, 0.1) is 13.8 Å². The van der Waals surface area contributed by atoms with Gasteiger partial charge in [-0.3, -0.25) is 4.79 Å². The predicted octanol–water partition coefficient (Wildman–Crippen LogP) is 4.40. The van der Waals surface area contributed by atoms with Crippen LogP contribution in [0.3, 0.4) is 0 Å². The number of esters is 1. The number of pyridine rings is 1. The second-order valence-corrected chi connectivity index (χ2v) is 6.56. The minimum absolute atomic E-state index is 0.0868. The van der Waals surface area contributed by atoms with Crippen LogP contribution >= 0.6 is 0 Å². The quantitative estimate of drug-likeness (QED) is 0.511. The topological polar surface area (TPSA) is 48.3 Å². The van der Waals surface area contributed by atoms with Gasteiger partial charge in [0.05, 0.1) is 12.3 Å². The molecule has 0 unspecified atom stereocenters. The van der Waals surface area contributed by atoms with E-state index < -0.39 is 5.97 Å². The molecule has 3 aromatic rings. The Hall–Kier alpha value is -3.14. The Balaban J connectivity index is 2.40. The number of nitrogens with zero attached hydrogens (tertiary/aromatic N) is 1. The van der Waals surface area contributed by atoms with E-state index in [1.807, 2.05) is 50.2 Å². The lowest BCUT2D eigenvalue weighted by molar-refractivity contribution is -0.137. The maximum atomic E-state index is 13.0. The Labute approximate surface area is 158 Å². The molecule has 0 aliphatic heterocycles. The van der Waals surface area contributed by atoms with E-state index in [4.69, 9.17) is 4.74 Å². The summed E-state index contributed by atoms with van der Waals surface area (Å²) in [5.74, 6) is -0.427. The fourth-order valence-electron chi connectivity index (χ4n) is 3.24. The molecule has 27 heavy (non-hydrogen) atoms. The van der Waals surface area contributed by atoms with Gasteiger partial charge in [0.1, 0.15) is 0 Å². The summed E-state index contributed by atoms with van der Waals surface area (Å²) in [6.45, 7) is 6.11. The summed E-state index contributed by atoms with van der Waals surface area (Å²) in [4.78, 5) is 24.8.